The zero-order valence-electron chi connectivity index (χ0n) is 30.9. The van der Waals surface area contributed by atoms with Gasteiger partial charge in [-0.05, 0) is 117 Å². The summed E-state index contributed by atoms with van der Waals surface area (Å²) >= 11 is 0. The van der Waals surface area contributed by atoms with Crippen molar-refractivity contribution in [2.24, 2.45) is 65.1 Å². The van der Waals surface area contributed by atoms with Gasteiger partial charge in [0, 0.05) is 6.42 Å². The maximum atomic E-state index is 11.8. The van der Waals surface area contributed by atoms with E-state index < -0.39 is 0 Å². The standard InChI is InChI=1S/C32H56O.C7H16.C2H6/c1-9-25(18-23(7)33)19-31-22(6)17-32-28(24(31)8)14-16-29-27(13-15-30(29)32)21(5)11-12-26(10-2)20(3)4;1-3-5-7-6-4-2;1-2/h17,20-21,24-32H,9-16,18-19H2,1-8H3;3-7H2,1-2H3;1-2H3. The normalized spacial score (nSPS) is 30.5. The van der Waals surface area contributed by atoms with E-state index in [1.54, 1.807) is 12.5 Å². The van der Waals surface area contributed by atoms with Gasteiger partial charge in [-0.25, -0.2) is 0 Å². The Balaban J connectivity index is 0.000000858. The number of ketones is 1. The van der Waals surface area contributed by atoms with Crippen molar-refractivity contribution >= 4 is 5.78 Å². The molecule has 10 atom stereocenters. The Labute approximate surface area is 266 Å². The topological polar surface area (TPSA) is 17.1 Å². The number of carbonyl (C=O) groups excluding carboxylic acids is 1. The van der Waals surface area contributed by atoms with E-state index in [-0.39, 0.29) is 0 Å². The highest BCUT2D eigenvalue weighted by molar-refractivity contribution is 5.75. The van der Waals surface area contributed by atoms with E-state index in [1.807, 2.05) is 13.8 Å². The van der Waals surface area contributed by atoms with Crippen molar-refractivity contribution in [3.8, 4) is 0 Å². The first-order valence-electron chi connectivity index (χ1n) is 19.3. The molecule has 0 saturated heterocycles. The largest absolute Gasteiger partial charge is 0.300 e. The molecule has 0 heterocycles. The van der Waals surface area contributed by atoms with Crippen LogP contribution in [0, 0.1) is 65.1 Å². The van der Waals surface area contributed by atoms with E-state index in [2.05, 4.69) is 68.4 Å². The summed E-state index contributed by atoms with van der Waals surface area (Å²) < 4.78 is 0. The average Bonchev–Trinajstić information content (AvgIpc) is 3.41. The van der Waals surface area contributed by atoms with Gasteiger partial charge in [0.15, 0.2) is 0 Å². The number of hydrogen-bond donors (Lipinski definition) is 0. The molecule has 1 heteroatoms. The molecule has 3 aliphatic carbocycles. The predicted octanol–water partition coefficient (Wildman–Crippen LogP) is 13.4. The highest BCUT2D eigenvalue weighted by Crippen LogP contribution is 2.58. The van der Waals surface area contributed by atoms with Crippen molar-refractivity contribution in [3.63, 3.8) is 0 Å². The quantitative estimate of drug-likeness (QED) is 0.138. The molecule has 0 radical (unpaired) electrons. The minimum absolute atomic E-state index is 0.370. The zero-order chi connectivity index (χ0) is 31.8. The molecular formula is C41H78O. The van der Waals surface area contributed by atoms with Gasteiger partial charge in [0.05, 0.1) is 0 Å². The van der Waals surface area contributed by atoms with Crippen molar-refractivity contribution in [2.45, 2.75) is 179 Å². The van der Waals surface area contributed by atoms with Crippen LogP contribution >= 0.6 is 0 Å². The van der Waals surface area contributed by atoms with Crippen LogP contribution in [0.5, 0.6) is 0 Å². The van der Waals surface area contributed by atoms with E-state index in [9.17, 15) is 4.79 Å². The first kappa shape index (κ1) is 39.4. The van der Waals surface area contributed by atoms with Crippen molar-refractivity contribution in [3.05, 3.63) is 11.6 Å². The van der Waals surface area contributed by atoms with Gasteiger partial charge in [-0.2, -0.15) is 0 Å². The number of hydrogen-bond acceptors (Lipinski definition) is 1. The first-order chi connectivity index (χ1) is 20.1. The van der Waals surface area contributed by atoms with Gasteiger partial charge in [0.1, 0.15) is 5.78 Å². The highest BCUT2D eigenvalue weighted by atomic mass is 16.1. The molecule has 248 valence electrons. The molecule has 0 N–H and O–H groups in total. The van der Waals surface area contributed by atoms with Crippen molar-refractivity contribution in [1.29, 1.82) is 0 Å². The number of fused-ring (bicyclic) bond motifs is 3. The minimum Gasteiger partial charge on any atom is -0.300 e. The van der Waals surface area contributed by atoms with Gasteiger partial charge in [-0.15, -0.1) is 0 Å². The fourth-order valence-electron chi connectivity index (χ4n) is 9.58. The molecule has 3 rings (SSSR count). The molecule has 1 nitrogen and oxygen atoms in total. The molecule has 0 aromatic rings. The van der Waals surface area contributed by atoms with E-state index in [1.165, 1.54) is 83.5 Å². The summed E-state index contributed by atoms with van der Waals surface area (Å²) in [5.74, 6) is 9.69. The van der Waals surface area contributed by atoms with E-state index in [0.29, 0.717) is 17.6 Å². The molecule has 2 fully saturated rings. The van der Waals surface area contributed by atoms with Crippen molar-refractivity contribution in [2.75, 3.05) is 0 Å². The van der Waals surface area contributed by atoms with Crippen LogP contribution in [0.15, 0.2) is 11.6 Å². The van der Waals surface area contributed by atoms with Crippen LogP contribution in [-0.4, -0.2) is 5.78 Å². The van der Waals surface area contributed by atoms with Gasteiger partial charge >= 0.3 is 0 Å². The molecule has 0 amide bonds. The van der Waals surface area contributed by atoms with Crippen LogP contribution < -0.4 is 0 Å². The molecule has 10 unspecified atom stereocenters. The maximum absolute atomic E-state index is 11.8. The van der Waals surface area contributed by atoms with Gasteiger partial charge in [-0.3, -0.25) is 0 Å². The molecular weight excluding hydrogens is 508 g/mol. The van der Waals surface area contributed by atoms with Crippen LogP contribution in [-0.2, 0) is 4.79 Å². The molecule has 3 aliphatic rings. The Kier molecular flexibility index (Phi) is 19.9. The lowest BCUT2D eigenvalue weighted by Gasteiger charge is -2.49. The fraction of sp³-hybridized carbons (Fsp3) is 0.927. The number of carbonyl (C=O) groups is 1. The summed E-state index contributed by atoms with van der Waals surface area (Å²) in [7, 11) is 0. The molecule has 42 heavy (non-hydrogen) atoms. The van der Waals surface area contributed by atoms with Crippen LogP contribution in [0.25, 0.3) is 0 Å². The maximum Gasteiger partial charge on any atom is 0.130 e. The summed E-state index contributed by atoms with van der Waals surface area (Å²) in [6, 6.07) is 0. The Morgan fingerprint density at radius 2 is 1.43 bits per heavy atom. The summed E-state index contributed by atoms with van der Waals surface area (Å²) in [6.07, 6.45) is 23.0. The van der Waals surface area contributed by atoms with E-state index in [0.717, 1.165) is 66.1 Å². The van der Waals surface area contributed by atoms with Crippen molar-refractivity contribution < 1.29 is 4.79 Å². The molecule has 0 aromatic heterocycles. The lowest BCUT2D eigenvalue weighted by molar-refractivity contribution is -0.118. The lowest BCUT2D eigenvalue weighted by atomic mass is 9.56. The van der Waals surface area contributed by atoms with Crippen LogP contribution in [0.1, 0.15) is 179 Å². The fourth-order valence-corrected chi connectivity index (χ4v) is 9.58. The second kappa shape index (κ2) is 21.2. The van der Waals surface area contributed by atoms with E-state index in [4.69, 9.17) is 0 Å². The summed E-state index contributed by atoms with van der Waals surface area (Å²) in [5.41, 5.74) is 1.66. The first-order valence-corrected chi connectivity index (χ1v) is 19.3. The summed E-state index contributed by atoms with van der Waals surface area (Å²) in [4.78, 5) is 11.8. The molecule has 0 aromatic carbocycles. The Hall–Kier alpha value is -0.590. The number of Topliss-reactive ketones (excluding diaryl/α,β-unsaturated/α-hetero) is 1. The predicted molar refractivity (Wildman–Crippen MR) is 189 cm³/mol. The monoisotopic (exact) mass is 587 g/mol. The van der Waals surface area contributed by atoms with Gasteiger partial charge in [0.2, 0.25) is 0 Å². The van der Waals surface area contributed by atoms with Gasteiger partial charge < -0.3 is 4.79 Å². The average molecular weight is 587 g/mol. The number of rotatable bonds is 15. The van der Waals surface area contributed by atoms with Gasteiger partial charge in [-0.1, -0.05) is 132 Å². The third-order valence-electron chi connectivity index (χ3n) is 12.2. The molecule has 0 bridgehead atoms. The second-order valence-corrected chi connectivity index (χ2v) is 15.2. The summed E-state index contributed by atoms with van der Waals surface area (Å²) in [5, 5.41) is 0. The van der Waals surface area contributed by atoms with Crippen LogP contribution in [0.2, 0.25) is 0 Å². The number of allylic oxidation sites excluding steroid dienone is 2. The second-order valence-electron chi connectivity index (χ2n) is 15.2. The molecule has 0 aliphatic heterocycles. The summed E-state index contributed by atoms with van der Waals surface area (Å²) in [6.45, 7) is 27.3. The lowest BCUT2D eigenvalue weighted by Crippen LogP contribution is -2.42. The smallest absolute Gasteiger partial charge is 0.130 e. The highest BCUT2D eigenvalue weighted by Gasteiger charge is 2.50. The molecule has 0 spiro atoms. The van der Waals surface area contributed by atoms with Gasteiger partial charge in [0.25, 0.3) is 0 Å². The van der Waals surface area contributed by atoms with E-state index >= 15 is 0 Å². The SMILES string of the molecule is CC.CCC(CC(C)=O)CC1C(C)=CC2C(CCC3C(C(C)CCC(CC)C(C)C)CCC23)C1C.CCCCCCC. The van der Waals surface area contributed by atoms with Crippen molar-refractivity contribution in [1.82, 2.24) is 0 Å². The van der Waals surface area contributed by atoms with Crippen LogP contribution in [0.3, 0.4) is 0 Å². The zero-order valence-corrected chi connectivity index (χ0v) is 30.9. The minimum atomic E-state index is 0.370. The Morgan fingerprint density at radius 1 is 0.833 bits per heavy atom. The third-order valence-corrected chi connectivity index (χ3v) is 12.2. The Morgan fingerprint density at radius 3 is 1.95 bits per heavy atom. The molecule has 2 saturated carbocycles. The third kappa shape index (κ3) is 11.7. The Bertz CT molecular complexity index is 729. The van der Waals surface area contributed by atoms with Crippen LogP contribution in [0.4, 0.5) is 0 Å². The number of unbranched alkanes of at least 4 members (excludes halogenated alkanes) is 4.